The maximum atomic E-state index is 11.7. The van der Waals surface area contributed by atoms with Crippen molar-refractivity contribution in [2.24, 2.45) is 5.41 Å². The molecule has 28 heavy (non-hydrogen) atoms. The molecule has 0 aliphatic carbocycles. The van der Waals surface area contributed by atoms with Crippen molar-refractivity contribution in [3.8, 4) is 0 Å². The van der Waals surface area contributed by atoms with Crippen LogP contribution in [0.1, 0.15) is 33.6 Å². The summed E-state index contributed by atoms with van der Waals surface area (Å²) in [6.45, 7) is 10.0. The number of thioether (sulfide) groups is 1. The van der Waals surface area contributed by atoms with E-state index in [4.69, 9.17) is 9.47 Å². The minimum absolute atomic E-state index is 0.0707. The molecule has 0 unspecified atom stereocenters. The Morgan fingerprint density at radius 1 is 0.929 bits per heavy atom. The first-order valence-electron chi connectivity index (χ1n) is 8.90. The fourth-order valence-electron chi connectivity index (χ4n) is 1.54. The summed E-state index contributed by atoms with van der Waals surface area (Å²) >= 11 is 1.06. The highest BCUT2D eigenvalue weighted by atomic mass is 32.2. The van der Waals surface area contributed by atoms with Crippen molar-refractivity contribution < 1.29 is 33.4 Å². The molecule has 10 heteroatoms. The number of nitrogens with one attached hydrogen (secondary N) is 2. The van der Waals surface area contributed by atoms with Crippen LogP contribution >= 0.6 is 11.8 Å². The topological polar surface area (TPSA) is 120 Å². The van der Waals surface area contributed by atoms with Crippen LogP contribution in [-0.4, -0.2) is 61.9 Å². The standard InChI is InChI=1S/C18H30N2O7S/c1-5-14(21)25-11-12-27-16(23)19-8-6-15(22)28-13-9-20-17(24)26-10-7-18(2,3)4/h5H,1,6-13H2,2-4H3,(H,19,23)(H,20,24). The molecule has 0 fully saturated rings. The highest BCUT2D eigenvalue weighted by Crippen LogP contribution is 2.17. The van der Waals surface area contributed by atoms with Gasteiger partial charge >= 0.3 is 18.2 Å². The minimum Gasteiger partial charge on any atom is -0.459 e. The molecule has 9 nitrogen and oxygen atoms in total. The Kier molecular flexibility index (Phi) is 13.6. The van der Waals surface area contributed by atoms with Crippen LogP contribution in [0.5, 0.6) is 0 Å². The number of hydrogen-bond acceptors (Lipinski definition) is 8. The molecule has 0 aromatic rings. The fraction of sp³-hybridized carbons (Fsp3) is 0.667. The van der Waals surface area contributed by atoms with Gasteiger partial charge in [-0.3, -0.25) is 4.79 Å². The van der Waals surface area contributed by atoms with Gasteiger partial charge in [-0.15, -0.1) is 0 Å². The van der Waals surface area contributed by atoms with Crippen LogP contribution in [0.4, 0.5) is 9.59 Å². The summed E-state index contributed by atoms with van der Waals surface area (Å²) in [4.78, 5) is 45.3. The van der Waals surface area contributed by atoms with E-state index in [1.807, 2.05) is 0 Å². The SMILES string of the molecule is C=CC(=O)OCCOC(=O)NCCC(=O)SCCNC(=O)OCCC(C)(C)C. The van der Waals surface area contributed by atoms with Crippen molar-refractivity contribution in [3.63, 3.8) is 0 Å². The predicted octanol–water partition coefficient (Wildman–Crippen LogP) is 2.25. The van der Waals surface area contributed by atoms with Crippen LogP contribution in [0.2, 0.25) is 0 Å². The Morgan fingerprint density at radius 3 is 2.11 bits per heavy atom. The first-order valence-corrected chi connectivity index (χ1v) is 9.88. The minimum atomic E-state index is -0.702. The van der Waals surface area contributed by atoms with Gasteiger partial charge < -0.3 is 24.8 Å². The zero-order valence-corrected chi connectivity index (χ0v) is 17.5. The number of amides is 2. The molecule has 0 heterocycles. The van der Waals surface area contributed by atoms with Crippen LogP contribution in [0, 0.1) is 5.41 Å². The number of ether oxygens (including phenoxy) is 3. The van der Waals surface area contributed by atoms with Crippen molar-refractivity contribution in [2.45, 2.75) is 33.6 Å². The first kappa shape index (κ1) is 25.8. The Balaban J connectivity index is 3.59. The maximum Gasteiger partial charge on any atom is 0.407 e. The highest BCUT2D eigenvalue weighted by molar-refractivity contribution is 8.13. The molecule has 0 radical (unpaired) electrons. The lowest BCUT2D eigenvalue weighted by molar-refractivity contribution is -0.138. The molecule has 0 bridgehead atoms. The van der Waals surface area contributed by atoms with Gasteiger partial charge in [-0.25, -0.2) is 14.4 Å². The van der Waals surface area contributed by atoms with E-state index in [0.717, 1.165) is 24.3 Å². The molecule has 0 saturated carbocycles. The fourth-order valence-corrected chi connectivity index (χ4v) is 2.22. The number of carbonyl (C=O) groups excluding carboxylic acids is 4. The normalized spacial score (nSPS) is 10.5. The van der Waals surface area contributed by atoms with Crippen LogP contribution < -0.4 is 10.6 Å². The molecule has 2 amide bonds. The summed E-state index contributed by atoms with van der Waals surface area (Å²) in [5.74, 6) is -0.189. The third-order valence-corrected chi connectivity index (χ3v) is 3.98. The van der Waals surface area contributed by atoms with E-state index >= 15 is 0 Å². The number of esters is 1. The van der Waals surface area contributed by atoms with Gasteiger partial charge in [0, 0.05) is 31.3 Å². The van der Waals surface area contributed by atoms with Crippen molar-refractivity contribution in [1.29, 1.82) is 0 Å². The number of rotatable bonds is 12. The third kappa shape index (κ3) is 17.2. The predicted molar refractivity (Wildman–Crippen MR) is 106 cm³/mol. The van der Waals surface area contributed by atoms with E-state index in [0.29, 0.717) is 18.9 Å². The van der Waals surface area contributed by atoms with E-state index in [9.17, 15) is 19.2 Å². The molecule has 0 aliphatic rings. The van der Waals surface area contributed by atoms with Gasteiger partial charge in [0.15, 0.2) is 5.12 Å². The quantitative estimate of drug-likeness (QED) is 0.214. The van der Waals surface area contributed by atoms with Crippen LogP contribution in [0.25, 0.3) is 0 Å². The largest absolute Gasteiger partial charge is 0.459 e. The summed E-state index contributed by atoms with van der Waals surface area (Å²) < 4.78 is 14.4. The van der Waals surface area contributed by atoms with Crippen molar-refractivity contribution >= 4 is 35.0 Å². The molecular weight excluding hydrogens is 388 g/mol. The smallest absolute Gasteiger partial charge is 0.407 e. The molecule has 0 aromatic carbocycles. The lowest BCUT2D eigenvalue weighted by Crippen LogP contribution is -2.29. The molecule has 0 atom stereocenters. The van der Waals surface area contributed by atoms with Gasteiger partial charge in [-0.1, -0.05) is 39.1 Å². The van der Waals surface area contributed by atoms with E-state index in [2.05, 4.69) is 42.7 Å². The zero-order valence-electron chi connectivity index (χ0n) is 16.7. The van der Waals surface area contributed by atoms with E-state index < -0.39 is 18.2 Å². The van der Waals surface area contributed by atoms with Crippen LogP contribution in [-0.2, 0) is 23.8 Å². The molecule has 0 aromatic heterocycles. The van der Waals surface area contributed by atoms with Crippen molar-refractivity contribution in [3.05, 3.63) is 12.7 Å². The number of carbonyl (C=O) groups is 4. The molecule has 160 valence electrons. The van der Waals surface area contributed by atoms with E-state index in [-0.39, 0.29) is 36.7 Å². The lowest BCUT2D eigenvalue weighted by atomic mass is 9.93. The summed E-state index contributed by atoms with van der Waals surface area (Å²) in [5, 5.41) is 4.87. The molecular formula is C18H30N2O7S. The average Bonchev–Trinajstić information content (AvgIpc) is 2.61. The first-order chi connectivity index (χ1) is 13.1. The molecule has 0 aliphatic heterocycles. The summed E-state index contributed by atoms with van der Waals surface area (Å²) in [5.41, 5.74) is 0.0986. The van der Waals surface area contributed by atoms with Gasteiger partial charge in [0.25, 0.3) is 0 Å². The molecule has 2 N–H and O–H groups in total. The number of alkyl carbamates (subject to hydrolysis) is 2. The van der Waals surface area contributed by atoms with Crippen LogP contribution in [0.15, 0.2) is 12.7 Å². The Hall–Kier alpha value is -2.23. The molecule has 0 saturated heterocycles. The third-order valence-electron chi connectivity index (χ3n) is 3.05. The molecule has 0 rings (SSSR count). The second kappa shape index (κ2) is 14.8. The summed E-state index contributed by atoms with van der Waals surface area (Å²) in [6, 6.07) is 0. The van der Waals surface area contributed by atoms with Gasteiger partial charge in [-0.2, -0.15) is 0 Å². The van der Waals surface area contributed by atoms with Gasteiger partial charge in [-0.05, 0) is 11.8 Å². The van der Waals surface area contributed by atoms with Gasteiger partial charge in [0.1, 0.15) is 13.2 Å². The van der Waals surface area contributed by atoms with Gasteiger partial charge in [0.2, 0.25) is 0 Å². The lowest BCUT2D eigenvalue weighted by Gasteiger charge is -2.17. The highest BCUT2D eigenvalue weighted by Gasteiger charge is 2.11. The maximum absolute atomic E-state index is 11.7. The monoisotopic (exact) mass is 418 g/mol. The zero-order chi connectivity index (χ0) is 21.4. The second-order valence-electron chi connectivity index (χ2n) is 6.78. The van der Waals surface area contributed by atoms with Crippen molar-refractivity contribution in [1.82, 2.24) is 10.6 Å². The summed E-state index contributed by atoms with van der Waals surface area (Å²) in [7, 11) is 0. The van der Waals surface area contributed by atoms with E-state index in [1.54, 1.807) is 0 Å². The Bertz CT molecular complexity index is 533. The van der Waals surface area contributed by atoms with Gasteiger partial charge in [0.05, 0.1) is 6.61 Å². The Morgan fingerprint density at radius 2 is 1.50 bits per heavy atom. The Labute approximate surface area is 169 Å². The van der Waals surface area contributed by atoms with Crippen LogP contribution in [0.3, 0.4) is 0 Å². The second-order valence-corrected chi connectivity index (χ2v) is 7.93. The summed E-state index contributed by atoms with van der Waals surface area (Å²) in [6.07, 6.45) is 0.701. The van der Waals surface area contributed by atoms with Crippen molar-refractivity contribution in [2.75, 3.05) is 38.7 Å². The average molecular weight is 419 g/mol. The van der Waals surface area contributed by atoms with E-state index in [1.165, 1.54) is 0 Å². The molecule has 0 spiro atoms. The number of hydrogen-bond donors (Lipinski definition) is 2.